The summed E-state index contributed by atoms with van der Waals surface area (Å²) in [6.07, 6.45) is 2.68. The van der Waals surface area contributed by atoms with E-state index in [1.807, 2.05) is 6.92 Å². The van der Waals surface area contributed by atoms with Crippen molar-refractivity contribution in [2.24, 2.45) is 0 Å². The Morgan fingerprint density at radius 1 is 1.31 bits per heavy atom. The van der Waals surface area contributed by atoms with Crippen molar-refractivity contribution in [2.75, 3.05) is 19.8 Å². The van der Waals surface area contributed by atoms with Gasteiger partial charge in [-0.3, -0.25) is 14.4 Å². The van der Waals surface area contributed by atoms with Crippen molar-refractivity contribution in [1.82, 2.24) is 14.8 Å². The molecule has 2 amide bonds. The molecule has 1 atom stereocenters. The van der Waals surface area contributed by atoms with Gasteiger partial charge in [0.15, 0.2) is 11.4 Å². The van der Waals surface area contributed by atoms with Crippen LogP contribution in [0.5, 0.6) is 5.75 Å². The van der Waals surface area contributed by atoms with Crippen molar-refractivity contribution < 1.29 is 28.2 Å². The Balaban J connectivity index is 1.66. The van der Waals surface area contributed by atoms with E-state index in [0.29, 0.717) is 32.2 Å². The lowest BCUT2D eigenvalue weighted by molar-refractivity contribution is -0.0526. The van der Waals surface area contributed by atoms with Gasteiger partial charge in [0, 0.05) is 44.1 Å². The van der Waals surface area contributed by atoms with E-state index >= 15 is 0 Å². The summed E-state index contributed by atoms with van der Waals surface area (Å²) in [5, 5.41) is 12.9. The van der Waals surface area contributed by atoms with Crippen LogP contribution in [0.4, 0.5) is 8.78 Å². The number of ether oxygens (including phenoxy) is 1. The number of halogens is 2. The number of nitrogens with zero attached hydrogens (tertiary/aromatic N) is 2. The van der Waals surface area contributed by atoms with Crippen LogP contribution in [-0.4, -0.2) is 51.7 Å². The van der Waals surface area contributed by atoms with E-state index < -0.39 is 40.2 Å². The van der Waals surface area contributed by atoms with Crippen molar-refractivity contribution in [3.63, 3.8) is 0 Å². The molecule has 1 saturated heterocycles. The third kappa shape index (κ3) is 3.64. The van der Waals surface area contributed by atoms with E-state index in [4.69, 9.17) is 4.74 Å². The molecule has 2 N–H and O–H groups in total. The van der Waals surface area contributed by atoms with Crippen molar-refractivity contribution in [3.8, 4) is 5.75 Å². The molecule has 2 aliphatic rings. The Morgan fingerprint density at radius 3 is 2.75 bits per heavy atom. The van der Waals surface area contributed by atoms with Crippen LogP contribution in [0.2, 0.25) is 0 Å². The van der Waals surface area contributed by atoms with E-state index in [2.05, 4.69) is 5.32 Å². The minimum absolute atomic E-state index is 0.0362. The number of pyridine rings is 1. The van der Waals surface area contributed by atoms with Gasteiger partial charge in [-0.2, -0.15) is 0 Å². The molecule has 10 heteroatoms. The maximum Gasteiger partial charge on any atom is 0.275 e. The molecule has 32 heavy (non-hydrogen) atoms. The van der Waals surface area contributed by atoms with Crippen LogP contribution >= 0.6 is 0 Å². The molecule has 0 bridgehead atoms. The number of carbonyl (C=O) groups excluding carboxylic acids is 2. The summed E-state index contributed by atoms with van der Waals surface area (Å²) in [6.45, 7) is 3.06. The zero-order chi connectivity index (χ0) is 23.0. The third-order valence-corrected chi connectivity index (χ3v) is 6.06. The lowest BCUT2D eigenvalue weighted by atomic mass is 9.87. The molecular formula is C22H23F2N3O5. The Hall–Kier alpha value is -3.27. The molecule has 2 aliphatic heterocycles. The van der Waals surface area contributed by atoms with E-state index in [0.717, 1.165) is 12.5 Å². The van der Waals surface area contributed by atoms with Gasteiger partial charge in [-0.25, -0.2) is 8.78 Å². The van der Waals surface area contributed by atoms with Gasteiger partial charge in [0.1, 0.15) is 17.2 Å². The van der Waals surface area contributed by atoms with E-state index in [-0.39, 0.29) is 29.9 Å². The Labute approximate surface area is 182 Å². The van der Waals surface area contributed by atoms with E-state index in [1.165, 1.54) is 16.8 Å². The molecular weight excluding hydrogens is 424 g/mol. The summed E-state index contributed by atoms with van der Waals surface area (Å²) < 4.78 is 34.0. The second kappa shape index (κ2) is 8.34. The summed E-state index contributed by atoms with van der Waals surface area (Å²) in [5.74, 6) is -3.73. The molecule has 1 fully saturated rings. The van der Waals surface area contributed by atoms with Crippen molar-refractivity contribution in [2.45, 2.75) is 38.4 Å². The van der Waals surface area contributed by atoms with Crippen molar-refractivity contribution in [1.29, 1.82) is 0 Å². The quantitative estimate of drug-likeness (QED) is 0.744. The molecule has 2 aromatic rings. The number of aromatic hydroxyl groups is 1. The average Bonchev–Trinajstić information content (AvgIpc) is 2.76. The Kier molecular flexibility index (Phi) is 5.72. The highest BCUT2D eigenvalue weighted by molar-refractivity contribution is 5.99. The second-order valence-corrected chi connectivity index (χ2v) is 8.05. The fourth-order valence-corrected chi connectivity index (χ4v) is 4.50. The first kappa shape index (κ1) is 21.9. The molecule has 1 unspecified atom stereocenters. The van der Waals surface area contributed by atoms with E-state index in [9.17, 15) is 28.3 Å². The van der Waals surface area contributed by atoms with Gasteiger partial charge in [0.25, 0.3) is 11.8 Å². The molecule has 0 radical (unpaired) electrons. The minimum atomic E-state index is -0.992. The van der Waals surface area contributed by atoms with Gasteiger partial charge in [0.2, 0.25) is 5.43 Å². The fourth-order valence-electron chi connectivity index (χ4n) is 4.50. The number of likely N-dealkylation sites (N-methyl/N-ethyl adjacent to an activating group) is 1. The van der Waals surface area contributed by atoms with Crippen LogP contribution in [0.3, 0.4) is 0 Å². The summed E-state index contributed by atoms with van der Waals surface area (Å²) in [7, 11) is 0. The highest BCUT2D eigenvalue weighted by Crippen LogP contribution is 2.35. The molecule has 170 valence electrons. The third-order valence-electron chi connectivity index (χ3n) is 6.06. The van der Waals surface area contributed by atoms with Gasteiger partial charge in [-0.1, -0.05) is 6.07 Å². The van der Waals surface area contributed by atoms with Gasteiger partial charge in [-0.05, 0) is 25.8 Å². The number of aromatic nitrogens is 1. The second-order valence-electron chi connectivity index (χ2n) is 8.05. The predicted octanol–water partition coefficient (Wildman–Crippen LogP) is 1.79. The van der Waals surface area contributed by atoms with Crippen molar-refractivity contribution in [3.05, 3.63) is 63.1 Å². The Bertz CT molecular complexity index is 1140. The lowest BCUT2D eigenvalue weighted by Crippen LogP contribution is -2.62. The molecule has 1 aromatic carbocycles. The predicted molar refractivity (Wildman–Crippen MR) is 109 cm³/mol. The first-order chi connectivity index (χ1) is 15.3. The van der Waals surface area contributed by atoms with Gasteiger partial charge >= 0.3 is 0 Å². The summed E-state index contributed by atoms with van der Waals surface area (Å²) >= 11 is 0. The van der Waals surface area contributed by atoms with Crippen LogP contribution in [0.15, 0.2) is 29.2 Å². The largest absolute Gasteiger partial charge is 0.503 e. The van der Waals surface area contributed by atoms with Crippen molar-refractivity contribution >= 4 is 11.8 Å². The van der Waals surface area contributed by atoms with Gasteiger partial charge < -0.3 is 24.6 Å². The van der Waals surface area contributed by atoms with Crippen LogP contribution in [-0.2, 0) is 17.8 Å². The maximum absolute atomic E-state index is 13.8. The summed E-state index contributed by atoms with van der Waals surface area (Å²) in [5.41, 5.74) is -2.14. The molecule has 0 saturated carbocycles. The SMILES string of the molecule is CCN1C(=O)c2c(O)c(=O)c(C(=O)NCc3ccc(F)cc3F)cn2CC12CCCOC2. The highest BCUT2D eigenvalue weighted by Gasteiger charge is 2.47. The van der Waals surface area contributed by atoms with Gasteiger partial charge in [-0.15, -0.1) is 0 Å². The normalized spacial score (nSPS) is 20.3. The van der Waals surface area contributed by atoms with Crippen LogP contribution in [0, 0.1) is 11.6 Å². The molecule has 1 spiro atoms. The molecule has 0 aliphatic carbocycles. The average molecular weight is 447 g/mol. The van der Waals surface area contributed by atoms with Gasteiger partial charge in [0.05, 0.1) is 12.1 Å². The monoisotopic (exact) mass is 447 g/mol. The lowest BCUT2D eigenvalue weighted by Gasteiger charge is -2.49. The molecule has 3 heterocycles. The summed E-state index contributed by atoms with van der Waals surface area (Å²) in [4.78, 5) is 40.1. The smallest absolute Gasteiger partial charge is 0.275 e. The highest BCUT2D eigenvalue weighted by atomic mass is 19.1. The van der Waals surface area contributed by atoms with Crippen LogP contribution in [0.1, 0.15) is 46.2 Å². The number of benzene rings is 1. The fraction of sp³-hybridized carbons (Fsp3) is 0.409. The maximum atomic E-state index is 13.8. The molecule has 1 aromatic heterocycles. The number of carbonyl (C=O) groups is 2. The standard InChI is InChI=1S/C22H23F2N3O5/c1-2-27-21(31)17-19(29)18(28)15(10-26(17)11-22(27)6-3-7-32-12-22)20(30)25-9-13-4-5-14(23)8-16(13)24/h4-5,8,10,29H,2-3,6-7,9,11-12H2,1H3,(H,25,30). The Morgan fingerprint density at radius 2 is 2.09 bits per heavy atom. The zero-order valence-corrected chi connectivity index (χ0v) is 17.5. The number of amides is 2. The molecule has 8 nitrogen and oxygen atoms in total. The zero-order valence-electron chi connectivity index (χ0n) is 17.5. The summed E-state index contributed by atoms with van der Waals surface area (Å²) in [6, 6.07) is 2.94. The first-order valence-corrected chi connectivity index (χ1v) is 10.4. The topological polar surface area (TPSA) is 101 Å². The van der Waals surface area contributed by atoms with Crippen LogP contribution < -0.4 is 10.7 Å². The van der Waals surface area contributed by atoms with Crippen LogP contribution in [0.25, 0.3) is 0 Å². The van der Waals surface area contributed by atoms with E-state index in [1.54, 1.807) is 4.90 Å². The number of hydrogen-bond acceptors (Lipinski definition) is 5. The first-order valence-electron chi connectivity index (χ1n) is 10.4. The number of nitrogens with one attached hydrogen (secondary N) is 1. The number of rotatable bonds is 4. The molecule has 4 rings (SSSR count). The number of fused-ring (bicyclic) bond motifs is 1. The number of hydrogen-bond donors (Lipinski definition) is 2. The minimum Gasteiger partial charge on any atom is -0.503 e.